The second-order valence-electron chi connectivity index (χ2n) is 7.92. The van der Waals surface area contributed by atoms with Gasteiger partial charge in [0.1, 0.15) is 11.9 Å². The maximum absolute atomic E-state index is 12.5. The Kier molecular flexibility index (Phi) is 6.65. The summed E-state index contributed by atoms with van der Waals surface area (Å²) < 4.78 is 5.72. The van der Waals surface area contributed by atoms with Gasteiger partial charge in [0.05, 0.1) is 11.7 Å². The van der Waals surface area contributed by atoms with Crippen molar-refractivity contribution in [3.63, 3.8) is 0 Å². The number of phenols is 1. The molecule has 0 aliphatic heterocycles. The maximum Gasteiger partial charge on any atom is 0.338 e. The molecule has 2 atom stereocenters. The molecule has 2 rings (SSSR count). The minimum absolute atomic E-state index is 0.108. The van der Waals surface area contributed by atoms with Crippen LogP contribution in [0.1, 0.15) is 63.7 Å². The van der Waals surface area contributed by atoms with Gasteiger partial charge in [-0.2, -0.15) is 0 Å². The zero-order chi connectivity index (χ0) is 19.3. The number of rotatable bonds is 2. The average molecular weight is 358 g/mol. The van der Waals surface area contributed by atoms with E-state index in [2.05, 4.69) is 26.8 Å². The SMILES string of the molecule is C/C1=C/CC(OC(=O)c2ccc(O)cc2)/C(C)=C\C(O)C(C)(C)CCC1. The Balaban J connectivity index is 2.25. The number of aliphatic hydroxyl groups excluding tert-OH is 1. The van der Waals surface area contributed by atoms with Crippen molar-refractivity contribution in [1.82, 2.24) is 0 Å². The van der Waals surface area contributed by atoms with Crippen molar-refractivity contribution in [1.29, 1.82) is 0 Å². The summed E-state index contributed by atoms with van der Waals surface area (Å²) in [6.45, 7) is 8.13. The lowest BCUT2D eigenvalue weighted by atomic mass is 9.80. The van der Waals surface area contributed by atoms with E-state index in [0.29, 0.717) is 12.0 Å². The molecule has 0 aromatic heterocycles. The third-order valence-corrected chi connectivity index (χ3v) is 5.15. The van der Waals surface area contributed by atoms with Gasteiger partial charge in [0.25, 0.3) is 0 Å². The van der Waals surface area contributed by atoms with Crippen molar-refractivity contribution in [3.05, 3.63) is 53.1 Å². The molecule has 0 saturated carbocycles. The molecule has 4 heteroatoms. The normalized spacial score (nSPS) is 28.0. The number of aliphatic hydroxyl groups is 1. The number of ether oxygens (including phenoxy) is 1. The number of allylic oxidation sites excluding steroid dienone is 1. The first-order chi connectivity index (χ1) is 12.2. The lowest BCUT2D eigenvalue weighted by Gasteiger charge is -2.29. The third-order valence-electron chi connectivity index (χ3n) is 5.15. The van der Waals surface area contributed by atoms with Crippen LogP contribution in [0.2, 0.25) is 0 Å². The fraction of sp³-hybridized carbons (Fsp3) is 0.500. The number of hydrogen-bond acceptors (Lipinski definition) is 4. The Labute approximate surface area is 156 Å². The van der Waals surface area contributed by atoms with Crippen LogP contribution in [0, 0.1) is 5.41 Å². The average Bonchev–Trinajstić information content (AvgIpc) is 2.59. The van der Waals surface area contributed by atoms with E-state index in [4.69, 9.17) is 4.74 Å². The molecule has 4 nitrogen and oxygen atoms in total. The topological polar surface area (TPSA) is 66.8 Å². The zero-order valence-corrected chi connectivity index (χ0v) is 16.2. The molecule has 1 aliphatic carbocycles. The molecule has 0 heterocycles. The Morgan fingerprint density at radius 2 is 1.85 bits per heavy atom. The fourth-order valence-corrected chi connectivity index (χ4v) is 3.08. The quantitative estimate of drug-likeness (QED) is 0.590. The first kappa shape index (κ1) is 20.2. The smallest absolute Gasteiger partial charge is 0.338 e. The highest BCUT2D eigenvalue weighted by Gasteiger charge is 2.28. The Morgan fingerprint density at radius 1 is 1.19 bits per heavy atom. The van der Waals surface area contributed by atoms with Gasteiger partial charge < -0.3 is 14.9 Å². The van der Waals surface area contributed by atoms with Crippen LogP contribution < -0.4 is 0 Å². The summed E-state index contributed by atoms with van der Waals surface area (Å²) in [6.07, 6.45) is 6.46. The lowest BCUT2D eigenvalue weighted by molar-refractivity contribution is 0.0368. The van der Waals surface area contributed by atoms with Crippen molar-refractivity contribution in [2.75, 3.05) is 0 Å². The summed E-state index contributed by atoms with van der Waals surface area (Å²) in [6, 6.07) is 6.02. The summed E-state index contributed by atoms with van der Waals surface area (Å²) in [4.78, 5) is 12.5. The lowest BCUT2D eigenvalue weighted by Crippen LogP contribution is -2.29. The van der Waals surface area contributed by atoms with Crippen LogP contribution in [0.4, 0.5) is 0 Å². The molecule has 26 heavy (non-hydrogen) atoms. The highest BCUT2D eigenvalue weighted by molar-refractivity contribution is 5.89. The Hall–Kier alpha value is -2.07. The van der Waals surface area contributed by atoms with Gasteiger partial charge in [-0.1, -0.05) is 31.6 Å². The highest BCUT2D eigenvalue weighted by Crippen LogP contribution is 2.31. The molecular formula is C22H30O4. The van der Waals surface area contributed by atoms with Crippen LogP contribution in [0.15, 0.2) is 47.6 Å². The third kappa shape index (κ3) is 5.46. The maximum atomic E-state index is 12.5. The van der Waals surface area contributed by atoms with Crippen LogP contribution in [-0.4, -0.2) is 28.4 Å². The Morgan fingerprint density at radius 3 is 2.50 bits per heavy atom. The monoisotopic (exact) mass is 358 g/mol. The van der Waals surface area contributed by atoms with E-state index >= 15 is 0 Å². The number of esters is 1. The molecule has 0 amide bonds. The van der Waals surface area contributed by atoms with E-state index in [1.165, 1.54) is 17.7 Å². The van der Waals surface area contributed by atoms with Gasteiger partial charge in [0.15, 0.2) is 0 Å². The predicted molar refractivity (Wildman–Crippen MR) is 103 cm³/mol. The van der Waals surface area contributed by atoms with Gasteiger partial charge in [-0.15, -0.1) is 0 Å². The molecule has 2 N–H and O–H groups in total. The second-order valence-corrected chi connectivity index (χ2v) is 7.92. The molecular weight excluding hydrogens is 328 g/mol. The van der Waals surface area contributed by atoms with Gasteiger partial charge in [0, 0.05) is 6.42 Å². The van der Waals surface area contributed by atoms with E-state index in [1.54, 1.807) is 12.1 Å². The van der Waals surface area contributed by atoms with Crippen LogP contribution >= 0.6 is 0 Å². The van der Waals surface area contributed by atoms with Crippen LogP contribution in [0.25, 0.3) is 0 Å². The standard InChI is InChI=1S/C22H30O4/c1-15-6-5-13-22(3,4)20(24)14-16(2)19(12-7-15)26-21(25)17-8-10-18(23)11-9-17/h7-11,14,19-20,23-24H,5-6,12-13H2,1-4H3/b15-7-,16-14-. The zero-order valence-electron chi connectivity index (χ0n) is 16.2. The van der Waals surface area contributed by atoms with Crippen molar-refractivity contribution in [3.8, 4) is 5.75 Å². The number of benzene rings is 1. The molecule has 1 aromatic rings. The molecule has 2 unspecified atom stereocenters. The highest BCUT2D eigenvalue weighted by atomic mass is 16.5. The second kappa shape index (κ2) is 8.54. The number of phenolic OH excluding ortho intramolecular Hbond substituents is 1. The molecule has 0 saturated heterocycles. The van der Waals surface area contributed by atoms with E-state index in [9.17, 15) is 15.0 Å². The van der Waals surface area contributed by atoms with Gasteiger partial charge in [-0.25, -0.2) is 4.79 Å². The van der Waals surface area contributed by atoms with Gasteiger partial charge in [-0.05, 0) is 68.4 Å². The number of carbonyl (C=O) groups is 1. The Bertz CT molecular complexity index is 683. The summed E-state index contributed by atoms with van der Waals surface area (Å²) in [5.41, 5.74) is 2.29. The summed E-state index contributed by atoms with van der Waals surface area (Å²) in [7, 11) is 0. The number of hydrogen-bond donors (Lipinski definition) is 2. The van der Waals surface area contributed by atoms with Crippen molar-refractivity contribution < 1.29 is 19.7 Å². The molecule has 0 fully saturated rings. The van der Waals surface area contributed by atoms with Crippen LogP contribution in [0.3, 0.4) is 0 Å². The van der Waals surface area contributed by atoms with Crippen molar-refractivity contribution in [2.45, 2.75) is 65.6 Å². The molecule has 0 radical (unpaired) electrons. The molecule has 0 spiro atoms. The van der Waals surface area contributed by atoms with Crippen LogP contribution in [-0.2, 0) is 4.74 Å². The van der Waals surface area contributed by atoms with E-state index < -0.39 is 18.2 Å². The summed E-state index contributed by atoms with van der Waals surface area (Å²) in [5, 5.41) is 20.0. The summed E-state index contributed by atoms with van der Waals surface area (Å²) in [5.74, 6) is -0.325. The van der Waals surface area contributed by atoms with Crippen molar-refractivity contribution >= 4 is 5.97 Å². The first-order valence-electron chi connectivity index (χ1n) is 9.21. The minimum Gasteiger partial charge on any atom is -0.508 e. The predicted octanol–water partition coefficient (Wildman–Crippen LogP) is 4.77. The molecule has 0 bridgehead atoms. The van der Waals surface area contributed by atoms with E-state index in [0.717, 1.165) is 24.8 Å². The van der Waals surface area contributed by atoms with Crippen molar-refractivity contribution in [2.24, 2.45) is 5.41 Å². The van der Waals surface area contributed by atoms with Gasteiger partial charge in [0.2, 0.25) is 0 Å². The summed E-state index contributed by atoms with van der Waals surface area (Å²) >= 11 is 0. The van der Waals surface area contributed by atoms with E-state index in [1.807, 2.05) is 13.0 Å². The minimum atomic E-state index is -0.587. The molecule has 1 aromatic carbocycles. The van der Waals surface area contributed by atoms with Crippen LogP contribution in [0.5, 0.6) is 5.75 Å². The number of carbonyl (C=O) groups excluding carboxylic acids is 1. The largest absolute Gasteiger partial charge is 0.508 e. The fourth-order valence-electron chi connectivity index (χ4n) is 3.08. The van der Waals surface area contributed by atoms with Gasteiger partial charge in [-0.3, -0.25) is 0 Å². The molecule has 1 aliphatic rings. The van der Waals surface area contributed by atoms with Gasteiger partial charge >= 0.3 is 5.97 Å². The molecule has 142 valence electrons. The van der Waals surface area contributed by atoms with E-state index in [-0.39, 0.29) is 11.2 Å². The number of aromatic hydroxyl groups is 1. The first-order valence-corrected chi connectivity index (χ1v) is 9.21.